The lowest BCUT2D eigenvalue weighted by Crippen LogP contribution is -2.43. The first-order valence-corrected chi connectivity index (χ1v) is 9.18. The van der Waals surface area contributed by atoms with Crippen LogP contribution in [-0.4, -0.2) is 75.0 Å². The van der Waals surface area contributed by atoms with Gasteiger partial charge in [-0.1, -0.05) is 6.07 Å². The van der Waals surface area contributed by atoms with Gasteiger partial charge in [-0.05, 0) is 18.4 Å². The highest BCUT2D eigenvalue weighted by atomic mass is 127. The summed E-state index contributed by atoms with van der Waals surface area (Å²) in [5, 5.41) is 6.30. The average Bonchev–Trinajstić information content (AvgIpc) is 2.56. The summed E-state index contributed by atoms with van der Waals surface area (Å²) in [6.07, 6.45) is 2.05. The Labute approximate surface area is 172 Å². The molecule has 0 unspecified atom stereocenters. The predicted octanol–water partition coefficient (Wildman–Crippen LogP) is 1.25. The molecule has 0 atom stereocenters. The predicted molar refractivity (Wildman–Crippen MR) is 118 cm³/mol. The van der Waals surface area contributed by atoms with Crippen molar-refractivity contribution in [3.63, 3.8) is 0 Å². The van der Waals surface area contributed by atoms with Crippen molar-refractivity contribution in [2.75, 3.05) is 58.2 Å². The smallest absolute Gasteiger partial charge is 0.241 e. The number of nitrogens with one attached hydrogen (secondary N) is 2. The van der Waals surface area contributed by atoms with E-state index in [1.165, 1.54) is 0 Å². The summed E-state index contributed by atoms with van der Waals surface area (Å²) in [5.41, 5.74) is 0.881. The number of nitrogens with zero attached hydrogens (tertiary/aromatic N) is 4. The molecule has 25 heavy (non-hydrogen) atoms. The van der Waals surface area contributed by atoms with Gasteiger partial charge in [-0.15, -0.1) is 24.0 Å². The number of amides is 1. The van der Waals surface area contributed by atoms with E-state index in [0.717, 1.165) is 23.8 Å². The molecule has 2 N–H and O–H groups in total. The third-order valence-corrected chi connectivity index (χ3v) is 3.77. The molecule has 0 fully saturated rings. The van der Waals surface area contributed by atoms with E-state index < -0.39 is 0 Å². The van der Waals surface area contributed by atoms with Gasteiger partial charge in [0.1, 0.15) is 5.82 Å². The molecule has 1 amide bonds. The maximum Gasteiger partial charge on any atom is 0.241 e. The molecule has 1 aromatic heterocycles. The van der Waals surface area contributed by atoms with Gasteiger partial charge in [0, 0.05) is 40.5 Å². The van der Waals surface area contributed by atoms with Gasteiger partial charge in [0.15, 0.2) is 5.96 Å². The zero-order valence-corrected chi connectivity index (χ0v) is 18.7. The van der Waals surface area contributed by atoms with Crippen LogP contribution in [0.5, 0.6) is 0 Å². The van der Waals surface area contributed by atoms with Gasteiger partial charge in [0.2, 0.25) is 5.91 Å². The topological polar surface area (TPSA) is 72.9 Å². The fourth-order valence-corrected chi connectivity index (χ4v) is 2.03. The largest absolute Gasteiger partial charge is 0.363 e. The summed E-state index contributed by atoms with van der Waals surface area (Å²) in [7, 11) is 7.38. The number of rotatable bonds is 8. The second kappa shape index (κ2) is 13.0. The summed E-state index contributed by atoms with van der Waals surface area (Å²) in [4.78, 5) is 24.3. The van der Waals surface area contributed by atoms with Gasteiger partial charge >= 0.3 is 0 Å². The summed E-state index contributed by atoms with van der Waals surface area (Å²) in [6, 6.07) is 5.87. The number of thioether (sulfide) groups is 1. The third kappa shape index (κ3) is 9.73. The van der Waals surface area contributed by atoms with Crippen LogP contribution in [0, 0.1) is 0 Å². The van der Waals surface area contributed by atoms with Crippen LogP contribution in [0.3, 0.4) is 0 Å². The maximum atomic E-state index is 11.7. The number of carbonyl (C=O) groups is 1. The molecule has 0 saturated heterocycles. The molecule has 0 radical (unpaired) electrons. The second-order valence-corrected chi connectivity index (χ2v) is 6.59. The fourth-order valence-electron chi connectivity index (χ4n) is 1.73. The highest BCUT2D eigenvalue weighted by molar-refractivity contribution is 14.0. The average molecular weight is 480 g/mol. The molecule has 0 aliphatic heterocycles. The number of carbonyl (C=O) groups excluding carboxylic acids is 1. The summed E-state index contributed by atoms with van der Waals surface area (Å²) >= 11 is 1.75. The molecule has 7 nitrogen and oxygen atoms in total. The van der Waals surface area contributed by atoms with Gasteiger partial charge < -0.3 is 20.4 Å². The Morgan fingerprint density at radius 1 is 1.24 bits per heavy atom. The maximum absolute atomic E-state index is 11.7. The van der Waals surface area contributed by atoms with E-state index in [1.807, 2.05) is 37.2 Å². The zero-order chi connectivity index (χ0) is 17.9. The number of hydrogen-bond acceptors (Lipinski definition) is 5. The van der Waals surface area contributed by atoms with Crippen LogP contribution in [0.2, 0.25) is 0 Å². The molecule has 0 spiro atoms. The number of anilines is 1. The van der Waals surface area contributed by atoms with E-state index in [4.69, 9.17) is 0 Å². The highest BCUT2D eigenvalue weighted by Gasteiger charge is 2.06. The first-order chi connectivity index (χ1) is 11.4. The molecule has 1 rings (SSSR count). The van der Waals surface area contributed by atoms with E-state index in [2.05, 4.69) is 26.9 Å². The monoisotopic (exact) mass is 480 g/mol. The van der Waals surface area contributed by atoms with Crippen molar-refractivity contribution in [3.05, 3.63) is 23.9 Å². The third-order valence-electron chi connectivity index (χ3n) is 3.15. The molecule has 0 aliphatic carbocycles. The van der Waals surface area contributed by atoms with E-state index in [0.29, 0.717) is 12.5 Å². The van der Waals surface area contributed by atoms with E-state index in [1.54, 1.807) is 30.8 Å². The summed E-state index contributed by atoms with van der Waals surface area (Å²) in [6.45, 7) is 1.45. The summed E-state index contributed by atoms with van der Waals surface area (Å²) in [5.74, 6) is 2.49. The lowest BCUT2D eigenvalue weighted by Gasteiger charge is -2.15. The number of guanidine groups is 1. The van der Waals surface area contributed by atoms with Gasteiger partial charge in [-0.2, -0.15) is 11.8 Å². The van der Waals surface area contributed by atoms with Crippen molar-refractivity contribution in [2.24, 2.45) is 4.99 Å². The van der Waals surface area contributed by atoms with Crippen molar-refractivity contribution in [1.29, 1.82) is 0 Å². The second-order valence-electron chi connectivity index (χ2n) is 5.61. The number of aliphatic imine (C=N–C) groups is 1. The van der Waals surface area contributed by atoms with Gasteiger partial charge in [0.05, 0.1) is 18.8 Å². The Kier molecular flexibility index (Phi) is 12.4. The molecule has 1 aromatic rings. The Morgan fingerprint density at radius 2 is 1.96 bits per heavy atom. The van der Waals surface area contributed by atoms with Crippen molar-refractivity contribution in [1.82, 2.24) is 20.5 Å². The molecule has 0 bridgehead atoms. The van der Waals surface area contributed by atoms with Crippen LogP contribution in [0.25, 0.3) is 0 Å². The minimum absolute atomic E-state index is 0. The molecule has 142 valence electrons. The minimum atomic E-state index is 0. The Bertz CT molecular complexity index is 553. The van der Waals surface area contributed by atoms with Crippen molar-refractivity contribution in [3.8, 4) is 0 Å². The van der Waals surface area contributed by atoms with Gasteiger partial charge in [0.25, 0.3) is 0 Å². The van der Waals surface area contributed by atoms with E-state index in [-0.39, 0.29) is 36.4 Å². The zero-order valence-electron chi connectivity index (χ0n) is 15.6. The molecule has 0 aromatic carbocycles. The molecule has 0 aliphatic rings. The first kappa shape index (κ1) is 23.8. The van der Waals surface area contributed by atoms with E-state index >= 15 is 0 Å². The molecule has 1 heterocycles. The highest BCUT2D eigenvalue weighted by Crippen LogP contribution is 2.08. The van der Waals surface area contributed by atoms with Crippen LogP contribution in [0.4, 0.5) is 5.82 Å². The van der Waals surface area contributed by atoms with Crippen molar-refractivity contribution in [2.45, 2.75) is 6.54 Å². The summed E-state index contributed by atoms with van der Waals surface area (Å²) < 4.78 is 0. The van der Waals surface area contributed by atoms with E-state index in [9.17, 15) is 4.79 Å². The van der Waals surface area contributed by atoms with Crippen LogP contribution >= 0.6 is 35.7 Å². The molecule has 0 saturated carbocycles. The van der Waals surface area contributed by atoms with Crippen LogP contribution in [0.15, 0.2) is 23.2 Å². The van der Waals surface area contributed by atoms with Gasteiger partial charge in [-0.3, -0.25) is 4.79 Å². The number of aromatic nitrogens is 1. The Balaban J connectivity index is 0.00000576. The van der Waals surface area contributed by atoms with Crippen LogP contribution < -0.4 is 15.5 Å². The fraction of sp³-hybridized carbons (Fsp3) is 0.562. The van der Waals surface area contributed by atoms with Crippen LogP contribution in [-0.2, 0) is 11.3 Å². The SMILES string of the molecule is CSCCNC(=NCc1cccc(N(C)C)n1)NCC(=O)N(C)C.I. The lowest BCUT2D eigenvalue weighted by atomic mass is 10.3. The number of likely N-dealkylation sites (N-methyl/N-ethyl adjacent to an activating group) is 1. The standard InChI is InChI=1S/C16H28N6OS.HI/c1-21(2)14-8-6-7-13(20-14)11-18-16(17-9-10-24-5)19-12-15(23)22(3)4;/h6-8H,9-12H2,1-5H3,(H2,17,18,19);1H. The number of halogens is 1. The van der Waals surface area contributed by atoms with Crippen molar-refractivity contribution < 1.29 is 4.79 Å². The minimum Gasteiger partial charge on any atom is -0.363 e. The molecular formula is C16H29IN6OS. The number of hydrogen-bond donors (Lipinski definition) is 2. The van der Waals surface area contributed by atoms with Crippen LogP contribution in [0.1, 0.15) is 5.69 Å². The molecular weight excluding hydrogens is 451 g/mol. The Hall–Kier alpha value is -1.23. The first-order valence-electron chi connectivity index (χ1n) is 7.78. The Morgan fingerprint density at radius 3 is 2.56 bits per heavy atom. The van der Waals surface area contributed by atoms with Gasteiger partial charge in [-0.25, -0.2) is 9.98 Å². The number of pyridine rings is 1. The lowest BCUT2D eigenvalue weighted by molar-refractivity contribution is -0.127. The normalized spacial score (nSPS) is 10.7. The molecule has 9 heteroatoms. The van der Waals surface area contributed by atoms with Crippen molar-refractivity contribution >= 4 is 53.4 Å². The quantitative estimate of drug-likeness (QED) is 0.253.